The van der Waals surface area contributed by atoms with Crippen molar-refractivity contribution in [2.75, 3.05) is 13.2 Å². The van der Waals surface area contributed by atoms with E-state index in [1.54, 1.807) is 26.8 Å². The highest BCUT2D eigenvalue weighted by Crippen LogP contribution is 2.17. The van der Waals surface area contributed by atoms with E-state index in [0.29, 0.717) is 19.4 Å². The van der Waals surface area contributed by atoms with Crippen LogP contribution in [0.4, 0.5) is 4.79 Å². The molecule has 0 saturated carbocycles. The van der Waals surface area contributed by atoms with Gasteiger partial charge < -0.3 is 41.7 Å². The van der Waals surface area contributed by atoms with Crippen molar-refractivity contribution in [3.63, 3.8) is 0 Å². The SMILES string of the molecule is C=CCCOC(=O)N[C@H](C(=O)N[C@@H](CC(=O)NCC=C)C(=O)N[C@@H](CC(C)C)[C@@H](O)C[C@@H](C)C(=O)N[C@H](C(=O)NCc1ccccc1)C(C)C)C(C)C. The number of alkyl carbamates (subject to hydrolysis) is 1. The van der Waals surface area contributed by atoms with Crippen LogP contribution in [0.15, 0.2) is 55.6 Å². The number of hydrogen-bond acceptors (Lipinski definition) is 8. The number of nitrogens with one attached hydrogen (secondary N) is 6. The van der Waals surface area contributed by atoms with Crippen molar-refractivity contribution >= 4 is 35.6 Å². The van der Waals surface area contributed by atoms with Crippen LogP contribution in [0.1, 0.15) is 79.7 Å². The number of hydrogen-bond donors (Lipinski definition) is 7. The Hall–Kier alpha value is -4.72. The Kier molecular flexibility index (Phi) is 21.4. The molecule has 6 amide bonds. The van der Waals surface area contributed by atoms with Crippen molar-refractivity contribution in [1.29, 1.82) is 0 Å². The molecule has 0 spiro atoms. The predicted molar refractivity (Wildman–Crippen MR) is 204 cm³/mol. The number of carbonyl (C=O) groups excluding carboxylic acids is 6. The number of amides is 6. The second kappa shape index (κ2) is 24.5. The smallest absolute Gasteiger partial charge is 0.407 e. The molecular weight excluding hydrogens is 680 g/mol. The third-order valence-corrected chi connectivity index (χ3v) is 8.36. The summed E-state index contributed by atoms with van der Waals surface area (Å²) in [7, 11) is 0. The lowest BCUT2D eigenvalue weighted by Crippen LogP contribution is -2.58. The summed E-state index contributed by atoms with van der Waals surface area (Å²) in [4.78, 5) is 78.6. The number of ether oxygens (including phenoxy) is 1. The normalized spacial score (nSPS) is 14.5. The summed E-state index contributed by atoms with van der Waals surface area (Å²) >= 11 is 0. The van der Waals surface area contributed by atoms with Crippen LogP contribution in [0.2, 0.25) is 0 Å². The summed E-state index contributed by atoms with van der Waals surface area (Å²) in [5.74, 6) is -4.13. The molecule has 0 saturated heterocycles. The minimum Gasteiger partial charge on any atom is -0.449 e. The molecule has 0 fully saturated rings. The first-order chi connectivity index (χ1) is 25.0. The molecule has 0 heterocycles. The number of aliphatic hydroxyl groups is 1. The van der Waals surface area contributed by atoms with Crippen LogP contribution in [-0.4, -0.2) is 84.2 Å². The van der Waals surface area contributed by atoms with Crippen molar-refractivity contribution in [2.24, 2.45) is 23.7 Å². The van der Waals surface area contributed by atoms with Gasteiger partial charge in [0.25, 0.3) is 0 Å². The topological polar surface area (TPSA) is 204 Å². The molecule has 1 aromatic rings. The van der Waals surface area contributed by atoms with E-state index in [1.807, 2.05) is 58.0 Å². The second-order valence-corrected chi connectivity index (χ2v) is 14.3. The molecule has 7 N–H and O–H groups in total. The van der Waals surface area contributed by atoms with Gasteiger partial charge in [-0.25, -0.2) is 4.79 Å². The van der Waals surface area contributed by atoms with Gasteiger partial charge in [-0.15, -0.1) is 13.2 Å². The molecule has 14 heteroatoms. The third-order valence-electron chi connectivity index (χ3n) is 8.36. The molecule has 0 unspecified atom stereocenters. The summed E-state index contributed by atoms with van der Waals surface area (Å²) in [6, 6.07) is 5.25. The number of benzene rings is 1. The molecule has 1 aromatic carbocycles. The molecule has 0 aromatic heterocycles. The van der Waals surface area contributed by atoms with Gasteiger partial charge in [-0.2, -0.15) is 0 Å². The van der Waals surface area contributed by atoms with Crippen LogP contribution in [0.25, 0.3) is 0 Å². The average Bonchev–Trinajstić information content (AvgIpc) is 3.10. The molecule has 0 radical (unpaired) electrons. The number of aliphatic hydroxyl groups excluding tert-OH is 1. The standard InChI is InChI=1S/C39H62N6O8/c1-10-12-19-53-39(52)45-34(26(7)8)38(51)43-30(22-32(47)40-18-11-2)36(49)42-29(20-24(3)4)31(46)21-27(9)35(48)44-33(25(5)6)37(50)41-23-28-16-14-13-15-17-28/h10-11,13-17,24-27,29-31,33-34,46H,1-2,12,18-23H2,3-9H3,(H,40,47)(H,41,50)(H,42,49)(H,43,51)(H,44,48)(H,45,52)/t27-,29+,30+,31+,33+,34+/m1/s1. The zero-order valence-electron chi connectivity index (χ0n) is 32.4. The predicted octanol–water partition coefficient (Wildman–Crippen LogP) is 2.87. The third kappa shape index (κ3) is 18.1. The van der Waals surface area contributed by atoms with E-state index in [0.717, 1.165) is 5.56 Å². The minimum absolute atomic E-state index is 0.00303. The van der Waals surface area contributed by atoms with Crippen molar-refractivity contribution in [2.45, 2.75) is 111 Å². The lowest BCUT2D eigenvalue weighted by atomic mass is 9.91. The Morgan fingerprint density at radius 3 is 1.92 bits per heavy atom. The van der Waals surface area contributed by atoms with Crippen molar-refractivity contribution < 1.29 is 38.6 Å². The van der Waals surface area contributed by atoms with Crippen LogP contribution >= 0.6 is 0 Å². The van der Waals surface area contributed by atoms with Crippen molar-refractivity contribution in [1.82, 2.24) is 31.9 Å². The maximum absolute atomic E-state index is 13.8. The summed E-state index contributed by atoms with van der Waals surface area (Å²) in [6.45, 7) is 20.1. The fourth-order valence-electron chi connectivity index (χ4n) is 5.32. The zero-order chi connectivity index (χ0) is 40.1. The van der Waals surface area contributed by atoms with Gasteiger partial charge >= 0.3 is 6.09 Å². The fourth-order valence-corrected chi connectivity index (χ4v) is 5.32. The van der Waals surface area contributed by atoms with E-state index in [1.165, 1.54) is 6.08 Å². The van der Waals surface area contributed by atoms with Crippen LogP contribution < -0.4 is 31.9 Å². The first-order valence-corrected chi connectivity index (χ1v) is 18.3. The number of rotatable bonds is 24. The molecule has 0 aliphatic heterocycles. The fraction of sp³-hybridized carbons (Fsp3) is 0.590. The lowest BCUT2D eigenvalue weighted by molar-refractivity contribution is -0.134. The van der Waals surface area contributed by atoms with E-state index in [9.17, 15) is 33.9 Å². The van der Waals surface area contributed by atoms with E-state index >= 15 is 0 Å². The van der Waals surface area contributed by atoms with Crippen LogP contribution in [0.3, 0.4) is 0 Å². The van der Waals surface area contributed by atoms with Gasteiger partial charge in [0.1, 0.15) is 18.1 Å². The van der Waals surface area contributed by atoms with Gasteiger partial charge in [0.05, 0.1) is 25.2 Å². The van der Waals surface area contributed by atoms with E-state index in [2.05, 4.69) is 45.1 Å². The molecule has 53 heavy (non-hydrogen) atoms. The van der Waals surface area contributed by atoms with Gasteiger partial charge in [0, 0.05) is 19.0 Å². The van der Waals surface area contributed by atoms with Gasteiger partial charge in [0.2, 0.25) is 29.5 Å². The Balaban J connectivity index is 3.10. The second-order valence-electron chi connectivity index (χ2n) is 14.3. The molecule has 296 valence electrons. The summed E-state index contributed by atoms with van der Waals surface area (Å²) < 4.78 is 5.08. The van der Waals surface area contributed by atoms with E-state index < -0.39 is 78.2 Å². The summed E-state index contributed by atoms with van der Waals surface area (Å²) in [5.41, 5.74) is 0.916. The number of carbonyl (C=O) groups is 6. The first kappa shape index (κ1) is 46.3. The van der Waals surface area contributed by atoms with Crippen molar-refractivity contribution in [3.05, 3.63) is 61.2 Å². The first-order valence-electron chi connectivity index (χ1n) is 18.3. The molecule has 6 atom stereocenters. The molecule has 1 rings (SSSR count). The van der Waals surface area contributed by atoms with Gasteiger partial charge in [0.15, 0.2) is 0 Å². The van der Waals surface area contributed by atoms with Crippen LogP contribution in [-0.2, 0) is 35.3 Å². The Bertz CT molecular complexity index is 1350. The minimum atomic E-state index is -1.38. The zero-order valence-corrected chi connectivity index (χ0v) is 32.4. The Morgan fingerprint density at radius 1 is 0.736 bits per heavy atom. The molecule has 14 nitrogen and oxygen atoms in total. The molecule has 0 aliphatic carbocycles. The molecular formula is C39H62N6O8. The van der Waals surface area contributed by atoms with Gasteiger partial charge in [-0.3, -0.25) is 24.0 Å². The molecule has 0 aliphatic rings. The van der Waals surface area contributed by atoms with E-state index in [4.69, 9.17) is 4.74 Å². The highest BCUT2D eigenvalue weighted by Gasteiger charge is 2.34. The van der Waals surface area contributed by atoms with Crippen LogP contribution in [0, 0.1) is 23.7 Å². The quantitative estimate of drug-likeness (QED) is 0.0619. The lowest BCUT2D eigenvalue weighted by Gasteiger charge is -2.30. The monoisotopic (exact) mass is 742 g/mol. The Labute approximate surface area is 314 Å². The highest BCUT2D eigenvalue weighted by molar-refractivity contribution is 5.94. The maximum atomic E-state index is 13.8. The molecule has 0 bridgehead atoms. The van der Waals surface area contributed by atoms with Crippen molar-refractivity contribution in [3.8, 4) is 0 Å². The average molecular weight is 743 g/mol. The summed E-state index contributed by atoms with van der Waals surface area (Å²) in [6.07, 6.45) is 1.27. The maximum Gasteiger partial charge on any atom is 0.407 e. The summed E-state index contributed by atoms with van der Waals surface area (Å²) in [5, 5.41) is 27.5. The van der Waals surface area contributed by atoms with E-state index in [-0.39, 0.29) is 37.3 Å². The Morgan fingerprint density at radius 2 is 1.36 bits per heavy atom. The largest absolute Gasteiger partial charge is 0.449 e. The highest BCUT2D eigenvalue weighted by atomic mass is 16.5. The van der Waals surface area contributed by atoms with Crippen LogP contribution in [0.5, 0.6) is 0 Å². The van der Waals surface area contributed by atoms with Gasteiger partial charge in [-0.05, 0) is 42.6 Å². The van der Waals surface area contributed by atoms with Gasteiger partial charge in [-0.1, -0.05) is 91.0 Å².